The monoisotopic (exact) mass is 567 g/mol. The first-order chi connectivity index (χ1) is 19.4. The van der Waals surface area contributed by atoms with E-state index in [0.717, 1.165) is 38.9 Å². The second-order valence-electron chi connectivity index (χ2n) is 10.1. The third-order valence-electron chi connectivity index (χ3n) is 7.42. The summed E-state index contributed by atoms with van der Waals surface area (Å²) in [6.07, 6.45) is 6.11. The molecule has 2 N–H and O–H groups in total. The number of hydrogen-bond acceptors (Lipinski definition) is 8. The predicted molar refractivity (Wildman–Crippen MR) is 151 cm³/mol. The minimum atomic E-state index is -0.516. The first kappa shape index (κ1) is 27.8. The molecule has 210 valence electrons. The molecule has 1 atom stereocenters. The molecule has 0 bridgehead atoms. The highest BCUT2D eigenvalue weighted by molar-refractivity contribution is 6.31. The van der Waals surface area contributed by atoms with Crippen LogP contribution in [0.2, 0.25) is 5.02 Å². The molecule has 0 saturated carbocycles. The maximum absolute atomic E-state index is 13.6. The molecule has 2 fully saturated rings. The molecule has 3 aromatic rings. The maximum atomic E-state index is 13.6. The van der Waals surface area contributed by atoms with E-state index in [-0.39, 0.29) is 16.9 Å². The molecule has 2 aliphatic rings. The molecular formula is C29H31ClFN5O4. The fourth-order valence-electron chi connectivity index (χ4n) is 5.25. The van der Waals surface area contributed by atoms with E-state index in [1.807, 2.05) is 0 Å². The van der Waals surface area contributed by atoms with Crippen molar-refractivity contribution in [3.8, 4) is 5.75 Å². The number of ether oxygens (including phenoxy) is 2. The van der Waals surface area contributed by atoms with Crippen LogP contribution in [0.25, 0.3) is 10.9 Å². The molecule has 9 nitrogen and oxygen atoms in total. The summed E-state index contributed by atoms with van der Waals surface area (Å²) in [4.78, 5) is 34.7. The third kappa shape index (κ3) is 6.68. The summed E-state index contributed by atoms with van der Waals surface area (Å²) in [5, 5.41) is 6.56. The lowest BCUT2D eigenvalue weighted by molar-refractivity contribution is -0.137. The van der Waals surface area contributed by atoms with Crippen molar-refractivity contribution < 1.29 is 23.5 Å². The van der Waals surface area contributed by atoms with Crippen molar-refractivity contribution in [3.63, 3.8) is 0 Å². The Balaban J connectivity index is 1.23. The minimum absolute atomic E-state index is 0.0118. The van der Waals surface area contributed by atoms with Crippen LogP contribution in [0.1, 0.15) is 25.7 Å². The summed E-state index contributed by atoms with van der Waals surface area (Å²) < 4.78 is 24.9. The maximum Gasteiger partial charge on any atom is 0.306 e. The molecule has 1 aromatic heterocycles. The number of carbonyl (C=O) groups excluding carboxylic acids is 2. The number of aromatic nitrogens is 2. The quantitative estimate of drug-likeness (QED) is 0.192. The van der Waals surface area contributed by atoms with Crippen LogP contribution in [0, 0.1) is 17.7 Å². The van der Waals surface area contributed by atoms with Crippen LogP contribution < -0.4 is 15.4 Å². The van der Waals surface area contributed by atoms with Gasteiger partial charge >= 0.3 is 5.97 Å². The summed E-state index contributed by atoms with van der Waals surface area (Å²) in [6.45, 7) is 7.45. The van der Waals surface area contributed by atoms with Gasteiger partial charge in [0.1, 0.15) is 23.7 Å². The van der Waals surface area contributed by atoms with Crippen LogP contribution in [0.5, 0.6) is 5.75 Å². The zero-order valence-corrected chi connectivity index (χ0v) is 22.8. The number of amides is 1. The van der Waals surface area contributed by atoms with Crippen molar-refractivity contribution >= 4 is 51.6 Å². The van der Waals surface area contributed by atoms with Crippen molar-refractivity contribution in [1.82, 2.24) is 14.9 Å². The summed E-state index contributed by atoms with van der Waals surface area (Å²) in [7, 11) is 0. The lowest BCUT2D eigenvalue weighted by Gasteiger charge is -2.34. The number of nitrogens with zero attached hydrogens (tertiary/aromatic N) is 3. The van der Waals surface area contributed by atoms with Gasteiger partial charge in [-0.1, -0.05) is 18.2 Å². The smallest absolute Gasteiger partial charge is 0.306 e. The van der Waals surface area contributed by atoms with E-state index < -0.39 is 5.82 Å². The van der Waals surface area contributed by atoms with Gasteiger partial charge in [-0.3, -0.25) is 9.59 Å². The molecule has 40 heavy (non-hydrogen) atoms. The molecule has 1 amide bonds. The SMILES string of the molecule is C=CC(=O)Nc1cc2c(Nc3ccc(F)c(Cl)c3)ncnc2cc1OCCCN1CCC(C2COC(=O)C2)CC1. The number of esters is 1. The number of cyclic esters (lactones) is 1. The summed E-state index contributed by atoms with van der Waals surface area (Å²) in [5.41, 5.74) is 1.62. The Morgan fingerprint density at radius 1 is 1.23 bits per heavy atom. The Morgan fingerprint density at radius 2 is 2.05 bits per heavy atom. The van der Waals surface area contributed by atoms with Crippen molar-refractivity contribution in [2.45, 2.75) is 25.7 Å². The number of rotatable bonds is 10. The molecule has 3 heterocycles. The first-order valence-corrected chi connectivity index (χ1v) is 13.7. The Labute approximate surface area is 236 Å². The number of hydrogen-bond donors (Lipinski definition) is 2. The largest absolute Gasteiger partial charge is 0.491 e. The van der Waals surface area contributed by atoms with E-state index in [0.29, 0.717) is 65.3 Å². The Kier molecular flexibility index (Phi) is 8.76. The fourth-order valence-corrected chi connectivity index (χ4v) is 5.43. The highest BCUT2D eigenvalue weighted by Gasteiger charge is 2.33. The van der Waals surface area contributed by atoms with Gasteiger partial charge in [-0.2, -0.15) is 0 Å². The van der Waals surface area contributed by atoms with E-state index in [9.17, 15) is 14.0 Å². The molecule has 11 heteroatoms. The van der Waals surface area contributed by atoms with Gasteiger partial charge in [0.25, 0.3) is 0 Å². The van der Waals surface area contributed by atoms with Crippen molar-refractivity contribution in [2.75, 3.05) is 43.5 Å². The number of likely N-dealkylation sites (tertiary alicyclic amines) is 1. The standard InChI is InChI=1S/C29H31ClFN5O4/c1-2-27(37)35-25-14-21-24(32-17-33-29(21)34-20-4-5-23(31)22(30)13-20)15-26(25)39-11-3-8-36-9-6-18(7-10-36)19-12-28(38)40-16-19/h2,4-5,13-15,17-19H,1,3,6-12,16H2,(H,35,37)(H,32,33,34). The number of fused-ring (bicyclic) bond motifs is 1. The van der Waals surface area contributed by atoms with Crippen LogP contribution in [-0.2, 0) is 14.3 Å². The Bertz CT molecular complexity index is 1410. The molecule has 1 unspecified atom stereocenters. The molecule has 0 spiro atoms. The van der Waals surface area contributed by atoms with E-state index in [2.05, 4.69) is 32.1 Å². The number of anilines is 3. The van der Waals surface area contributed by atoms with Gasteiger partial charge in [0.05, 0.1) is 35.9 Å². The van der Waals surface area contributed by atoms with Gasteiger partial charge in [0, 0.05) is 29.6 Å². The molecule has 2 aliphatic heterocycles. The van der Waals surface area contributed by atoms with Crippen LogP contribution in [0.3, 0.4) is 0 Å². The van der Waals surface area contributed by atoms with E-state index in [4.69, 9.17) is 21.1 Å². The number of nitrogens with one attached hydrogen (secondary N) is 2. The topological polar surface area (TPSA) is 106 Å². The molecular weight excluding hydrogens is 537 g/mol. The van der Waals surface area contributed by atoms with Gasteiger partial charge in [0.2, 0.25) is 5.91 Å². The van der Waals surface area contributed by atoms with Crippen LogP contribution >= 0.6 is 11.6 Å². The molecule has 2 aromatic carbocycles. The van der Waals surface area contributed by atoms with Gasteiger partial charge < -0.3 is 25.0 Å². The fraction of sp³-hybridized carbons (Fsp3) is 0.379. The third-order valence-corrected chi connectivity index (χ3v) is 7.71. The lowest BCUT2D eigenvalue weighted by atomic mass is 9.84. The molecule has 0 aliphatic carbocycles. The van der Waals surface area contributed by atoms with E-state index in [1.165, 1.54) is 24.5 Å². The number of piperidine rings is 1. The second-order valence-corrected chi connectivity index (χ2v) is 10.5. The zero-order chi connectivity index (χ0) is 28.1. The number of halogens is 2. The predicted octanol–water partition coefficient (Wildman–Crippen LogP) is 5.33. The average molecular weight is 568 g/mol. The minimum Gasteiger partial charge on any atom is -0.491 e. The van der Waals surface area contributed by atoms with E-state index in [1.54, 1.807) is 18.2 Å². The summed E-state index contributed by atoms with van der Waals surface area (Å²) in [5.74, 6) is 0.901. The second kappa shape index (κ2) is 12.6. The first-order valence-electron chi connectivity index (χ1n) is 13.3. The van der Waals surface area contributed by atoms with Gasteiger partial charge in [0.15, 0.2) is 0 Å². The van der Waals surface area contributed by atoms with Gasteiger partial charge in [-0.05, 0) is 68.6 Å². The van der Waals surface area contributed by atoms with Crippen molar-refractivity contribution in [1.29, 1.82) is 0 Å². The summed E-state index contributed by atoms with van der Waals surface area (Å²) in [6, 6.07) is 7.79. The number of carbonyl (C=O) groups is 2. The van der Waals surface area contributed by atoms with Crippen molar-refractivity contribution in [2.24, 2.45) is 11.8 Å². The average Bonchev–Trinajstić information content (AvgIpc) is 3.40. The van der Waals surface area contributed by atoms with Crippen LogP contribution in [-0.4, -0.2) is 59.6 Å². The van der Waals surface area contributed by atoms with Crippen LogP contribution in [0.15, 0.2) is 49.3 Å². The Hall–Kier alpha value is -3.76. The van der Waals surface area contributed by atoms with Crippen molar-refractivity contribution in [3.05, 3.63) is 60.2 Å². The van der Waals surface area contributed by atoms with Gasteiger partial charge in [-0.15, -0.1) is 0 Å². The van der Waals surface area contributed by atoms with Gasteiger partial charge in [-0.25, -0.2) is 14.4 Å². The molecule has 0 radical (unpaired) electrons. The lowest BCUT2D eigenvalue weighted by Crippen LogP contribution is -2.37. The molecule has 2 saturated heterocycles. The van der Waals surface area contributed by atoms with E-state index >= 15 is 0 Å². The highest BCUT2D eigenvalue weighted by Crippen LogP contribution is 2.34. The molecule has 5 rings (SSSR count). The zero-order valence-electron chi connectivity index (χ0n) is 22.0. The van der Waals surface area contributed by atoms with Crippen LogP contribution in [0.4, 0.5) is 21.6 Å². The highest BCUT2D eigenvalue weighted by atomic mass is 35.5. The summed E-state index contributed by atoms with van der Waals surface area (Å²) >= 11 is 5.93. The Morgan fingerprint density at radius 3 is 2.77 bits per heavy atom. The normalized spacial score (nSPS) is 17.9. The number of benzene rings is 2.